The predicted octanol–water partition coefficient (Wildman–Crippen LogP) is 7.20. The van der Waals surface area contributed by atoms with Crippen molar-refractivity contribution in [2.24, 2.45) is 0 Å². The smallest absolute Gasteiger partial charge is 0.255 e. The van der Waals surface area contributed by atoms with Gasteiger partial charge in [-0.15, -0.1) is 0 Å². The van der Waals surface area contributed by atoms with Crippen LogP contribution in [0.3, 0.4) is 0 Å². The van der Waals surface area contributed by atoms with Crippen LogP contribution in [0.1, 0.15) is 42.3 Å². The van der Waals surface area contributed by atoms with E-state index in [9.17, 15) is 9.59 Å². The lowest BCUT2D eigenvalue weighted by Crippen LogP contribution is -2.14. The minimum absolute atomic E-state index is 0.0255. The summed E-state index contributed by atoms with van der Waals surface area (Å²) in [5.74, 6) is -0.105. The lowest BCUT2D eigenvalue weighted by Gasteiger charge is -2.19. The third kappa shape index (κ3) is 6.62. The molecule has 0 unspecified atom stereocenters. The summed E-state index contributed by atoms with van der Waals surface area (Å²) < 4.78 is 5.27. The number of nitrogens with one attached hydrogen (secondary N) is 2. The average molecular weight is 497 g/mol. The number of halogens is 2. The second-order valence-electron chi connectivity index (χ2n) is 8.69. The van der Waals surface area contributed by atoms with Gasteiger partial charge >= 0.3 is 0 Å². The molecule has 0 bridgehead atoms. The summed E-state index contributed by atoms with van der Waals surface area (Å²) in [6.07, 6.45) is 2.94. The number of carbonyl (C=O) groups is 2. The molecule has 5 nitrogen and oxygen atoms in total. The molecular formula is C27H26Cl2N2O3. The van der Waals surface area contributed by atoms with Gasteiger partial charge in [0.15, 0.2) is 0 Å². The van der Waals surface area contributed by atoms with Crippen molar-refractivity contribution in [2.75, 3.05) is 17.7 Å². The Balaban J connectivity index is 1.61. The van der Waals surface area contributed by atoms with Crippen molar-refractivity contribution < 1.29 is 14.3 Å². The van der Waals surface area contributed by atoms with Crippen LogP contribution in [0, 0.1) is 0 Å². The van der Waals surface area contributed by atoms with Gasteiger partial charge in [-0.25, -0.2) is 0 Å². The van der Waals surface area contributed by atoms with Crippen LogP contribution in [0.4, 0.5) is 11.4 Å². The molecule has 0 aromatic heterocycles. The van der Waals surface area contributed by atoms with Crippen molar-refractivity contribution in [3.63, 3.8) is 0 Å². The van der Waals surface area contributed by atoms with Gasteiger partial charge in [0, 0.05) is 33.6 Å². The van der Waals surface area contributed by atoms with Crippen molar-refractivity contribution >= 4 is 52.5 Å². The summed E-state index contributed by atoms with van der Waals surface area (Å²) in [4.78, 5) is 24.9. The van der Waals surface area contributed by atoms with Crippen LogP contribution in [0.2, 0.25) is 10.0 Å². The van der Waals surface area contributed by atoms with Crippen LogP contribution in [0.5, 0.6) is 5.75 Å². The zero-order valence-electron chi connectivity index (χ0n) is 19.4. The molecular weight excluding hydrogens is 471 g/mol. The fourth-order valence-electron chi connectivity index (χ4n) is 3.23. The Morgan fingerprint density at radius 2 is 1.47 bits per heavy atom. The molecule has 0 fully saturated rings. The van der Waals surface area contributed by atoms with Crippen molar-refractivity contribution in [1.82, 2.24) is 0 Å². The van der Waals surface area contributed by atoms with E-state index in [1.807, 2.05) is 24.3 Å². The summed E-state index contributed by atoms with van der Waals surface area (Å²) >= 11 is 12.2. The largest absolute Gasteiger partial charge is 0.495 e. The average Bonchev–Trinajstić information content (AvgIpc) is 2.78. The van der Waals surface area contributed by atoms with Gasteiger partial charge in [-0.3, -0.25) is 9.59 Å². The van der Waals surface area contributed by atoms with Crippen molar-refractivity contribution in [3.8, 4) is 5.75 Å². The van der Waals surface area contributed by atoms with Gasteiger partial charge in [-0.05, 0) is 65.6 Å². The van der Waals surface area contributed by atoms with Crippen LogP contribution in [0.25, 0.3) is 6.08 Å². The number of anilines is 2. The molecule has 34 heavy (non-hydrogen) atoms. The summed E-state index contributed by atoms with van der Waals surface area (Å²) in [7, 11) is 1.49. The van der Waals surface area contributed by atoms with E-state index in [0.29, 0.717) is 38.3 Å². The maximum absolute atomic E-state index is 12.5. The first kappa shape index (κ1) is 25.3. The van der Waals surface area contributed by atoms with Crippen LogP contribution in [0.15, 0.2) is 66.7 Å². The molecule has 0 heterocycles. The second kappa shape index (κ2) is 10.8. The monoisotopic (exact) mass is 496 g/mol. The Kier molecular flexibility index (Phi) is 8.02. The summed E-state index contributed by atoms with van der Waals surface area (Å²) in [6, 6.07) is 17.7. The quantitative estimate of drug-likeness (QED) is 0.354. The topological polar surface area (TPSA) is 67.4 Å². The van der Waals surface area contributed by atoms with Crippen molar-refractivity contribution in [3.05, 3.63) is 93.5 Å². The number of carbonyl (C=O) groups excluding carboxylic acids is 2. The predicted molar refractivity (Wildman–Crippen MR) is 140 cm³/mol. The maximum Gasteiger partial charge on any atom is 0.255 e. The minimum atomic E-state index is -0.339. The molecule has 0 saturated heterocycles. The van der Waals surface area contributed by atoms with Crippen LogP contribution >= 0.6 is 23.2 Å². The van der Waals surface area contributed by atoms with Crippen molar-refractivity contribution in [2.45, 2.75) is 26.2 Å². The molecule has 0 aliphatic carbocycles. The Morgan fingerprint density at radius 3 is 2.03 bits per heavy atom. The first-order valence-electron chi connectivity index (χ1n) is 10.6. The summed E-state index contributed by atoms with van der Waals surface area (Å²) in [5, 5.41) is 6.43. The van der Waals surface area contributed by atoms with Crippen LogP contribution in [-0.4, -0.2) is 18.9 Å². The molecule has 2 amide bonds. The molecule has 0 aliphatic rings. The Hall–Kier alpha value is -3.28. The fourth-order valence-corrected chi connectivity index (χ4v) is 3.82. The van der Waals surface area contributed by atoms with Gasteiger partial charge in [0.05, 0.1) is 12.1 Å². The minimum Gasteiger partial charge on any atom is -0.495 e. The number of ether oxygens (including phenoxy) is 1. The highest BCUT2D eigenvalue weighted by Crippen LogP contribution is 2.33. The molecule has 3 aromatic carbocycles. The van der Waals surface area contributed by atoms with E-state index in [0.717, 1.165) is 5.56 Å². The SMILES string of the molecule is COc1c(Cl)cc(Cl)cc1C=CC(=O)Nc1ccc(NC(=O)c2ccc(C(C)(C)C)cc2)cc1. The Morgan fingerprint density at radius 1 is 0.882 bits per heavy atom. The number of benzene rings is 3. The number of rotatable bonds is 6. The number of amides is 2. The van der Waals surface area contributed by atoms with Gasteiger partial charge in [0.25, 0.3) is 5.91 Å². The molecule has 0 aliphatic heterocycles. The highest BCUT2D eigenvalue weighted by Gasteiger charge is 2.14. The first-order chi connectivity index (χ1) is 16.1. The lowest BCUT2D eigenvalue weighted by atomic mass is 9.87. The van der Waals surface area contributed by atoms with E-state index in [4.69, 9.17) is 27.9 Å². The molecule has 3 rings (SSSR count). The highest BCUT2D eigenvalue weighted by molar-refractivity contribution is 6.36. The van der Waals surface area contributed by atoms with Gasteiger partial charge in [0.2, 0.25) is 5.91 Å². The standard InChI is InChI=1S/C27H26Cl2N2O3/c1-27(2,3)19-8-5-17(6-9-19)26(33)31-22-12-10-21(11-13-22)30-24(32)14-7-18-15-20(28)16-23(29)25(18)34-4/h5-16H,1-4H3,(H,30,32)(H,31,33). The highest BCUT2D eigenvalue weighted by atomic mass is 35.5. The second-order valence-corrected chi connectivity index (χ2v) is 9.54. The van der Waals surface area contributed by atoms with E-state index in [1.165, 1.54) is 13.2 Å². The number of methoxy groups -OCH3 is 1. The Labute approximate surface area is 209 Å². The van der Waals surface area contributed by atoms with Gasteiger partial charge in [-0.2, -0.15) is 0 Å². The maximum atomic E-state index is 12.5. The van der Waals surface area contributed by atoms with Crippen LogP contribution in [-0.2, 0) is 10.2 Å². The van der Waals surface area contributed by atoms with E-state index in [2.05, 4.69) is 31.4 Å². The zero-order valence-corrected chi connectivity index (χ0v) is 20.9. The Bertz CT molecular complexity index is 1210. The molecule has 0 radical (unpaired) electrons. The molecule has 7 heteroatoms. The van der Waals surface area contributed by atoms with Gasteiger partial charge < -0.3 is 15.4 Å². The third-order valence-electron chi connectivity index (χ3n) is 5.08. The molecule has 3 aromatic rings. The molecule has 0 saturated carbocycles. The molecule has 0 atom stereocenters. The summed E-state index contributed by atoms with van der Waals surface area (Å²) in [5.41, 5.74) is 3.55. The van der Waals surface area contributed by atoms with E-state index in [1.54, 1.807) is 42.5 Å². The molecule has 0 spiro atoms. The van der Waals surface area contributed by atoms with Crippen molar-refractivity contribution in [1.29, 1.82) is 0 Å². The van der Waals surface area contributed by atoms with Gasteiger partial charge in [-0.1, -0.05) is 56.1 Å². The van der Waals surface area contributed by atoms with Gasteiger partial charge in [0.1, 0.15) is 5.75 Å². The summed E-state index contributed by atoms with van der Waals surface area (Å²) in [6.45, 7) is 6.38. The fraction of sp³-hybridized carbons (Fsp3) is 0.185. The van der Waals surface area contributed by atoms with Crippen LogP contribution < -0.4 is 15.4 Å². The third-order valence-corrected chi connectivity index (χ3v) is 5.58. The molecule has 2 N–H and O–H groups in total. The van der Waals surface area contributed by atoms with E-state index in [-0.39, 0.29) is 17.2 Å². The zero-order chi connectivity index (χ0) is 24.9. The lowest BCUT2D eigenvalue weighted by molar-refractivity contribution is -0.111. The molecule has 176 valence electrons. The number of hydrogen-bond acceptors (Lipinski definition) is 3. The number of hydrogen-bond donors (Lipinski definition) is 2. The first-order valence-corrected chi connectivity index (χ1v) is 11.4. The normalized spacial score (nSPS) is 11.4. The van der Waals surface area contributed by atoms with E-state index >= 15 is 0 Å². The van der Waals surface area contributed by atoms with E-state index < -0.39 is 0 Å².